The molecular formula is C22H21NO4. The van der Waals surface area contributed by atoms with E-state index in [4.69, 9.17) is 9.15 Å². The van der Waals surface area contributed by atoms with Gasteiger partial charge in [-0.1, -0.05) is 30.3 Å². The molecule has 0 radical (unpaired) electrons. The molecule has 4 rings (SSSR count). The molecule has 138 valence electrons. The van der Waals surface area contributed by atoms with Crippen LogP contribution < -0.4 is 15.7 Å². The Bertz CT molecular complexity index is 1050. The summed E-state index contributed by atoms with van der Waals surface area (Å²) in [5.41, 5.74) is 0.444. The zero-order valence-corrected chi connectivity index (χ0v) is 15.3. The van der Waals surface area contributed by atoms with Crippen LogP contribution in [-0.4, -0.2) is 12.0 Å². The number of amides is 1. The molecule has 0 bridgehead atoms. The van der Waals surface area contributed by atoms with Crippen LogP contribution in [0.2, 0.25) is 0 Å². The third kappa shape index (κ3) is 3.45. The van der Waals surface area contributed by atoms with Crippen molar-refractivity contribution in [3.8, 4) is 5.75 Å². The predicted octanol–water partition coefficient (Wildman–Crippen LogP) is 4.00. The van der Waals surface area contributed by atoms with Gasteiger partial charge in [-0.25, -0.2) is 4.79 Å². The minimum atomic E-state index is -0.648. The first-order valence-corrected chi connectivity index (χ1v) is 9.09. The van der Waals surface area contributed by atoms with Crippen molar-refractivity contribution >= 4 is 16.9 Å². The fraction of sp³-hybridized carbons (Fsp3) is 0.273. The van der Waals surface area contributed by atoms with Gasteiger partial charge in [0.15, 0.2) is 0 Å². The number of carbonyl (C=O) groups excluding carboxylic acids is 1. The van der Waals surface area contributed by atoms with E-state index in [2.05, 4.69) is 5.32 Å². The van der Waals surface area contributed by atoms with Gasteiger partial charge in [0.05, 0.1) is 11.6 Å². The molecule has 27 heavy (non-hydrogen) atoms. The third-order valence-corrected chi connectivity index (χ3v) is 4.75. The molecule has 0 spiro atoms. The minimum Gasteiger partial charge on any atom is -0.491 e. The molecule has 0 atom stereocenters. The van der Waals surface area contributed by atoms with E-state index < -0.39 is 11.5 Å². The highest BCUT2D eigenvalue weighted by Crippen LogP contribution is 2.45. The van der Waals surface area contributed by atoms with E-state index in [9.17, 15) is 9.59 Å². The Balaban J connectivity index is 1.62. The second kappa shape index (κ2) is 6.58. The molecule has 5 nitrogen and oxygen atoms in total. The summed E-state index contributed by atoms with van der Waals surface area (Å²) >= 11 is 0. The van der Waals surface area contributed by atoms with E-state index in [1.807, 2.05) is 44.2 Å². The SMILES string of the molecule is CC(C)Oc1ccc2cc(C(=O)NC3(c4ccccc4)CC3)c(=O)oc2c1. The molecule has 1 fully saturated rings. The van der Waals surface area contributed by atoms with Crippen molar-refractivity contribution in [3.05, 3.63) is 76.1 Å². The second-order valence-corrected chi connectivity index (χ2v) is 7.22. The lowest BCUT2D eigenvalue weighted by atomic mass is 10.0. The number of benzene rings is 2. The quantitative estimate of drug-likeness (QED) is 0.696. The van der Waals surface area contributed by atoms with E-state index in [0.29, 0.717) is 16.7 Å². The van der Waals surface area contributed by atoms with Gasteiger partial charge in [0.1, 0.15) is 16.9 Å². The van der Waals surface area contributed by atoms with Gasteiger partial charge in [-0.05, 0) is 50.5 Å². The number of hydrogen-bond donors (Lipinski definition) is 1. The van der Waals surface area contributed by atoms with Crippen LogP contribution >= 0.6 is 0 Å². The van der Waals surface area contributed by atoms with E-state index in [1.165, 1.54) is 0 Å². The Morgan fingerprint density at radius 1 is 1.11 bits per heavy atom. The molecule has 0 unspecified atom stereocenters. The molecular weight excluding hydrogens is 342 g/mol. The van der Waals surface area contributed by atoms with Gasteiger partial charge in [-0.3, -0.25) is 4.79 Å². The van der Waals surface area contributed by atoms with Gasteiger partial charge in [-0.15, -0.1) is 0 Å². The van der Waals surface area contributed by atoms with Gasteiger partial charge in [0.25, 0.3) is 5.91 Å². The molecule has 0 aliphatic heterocycles. The van der Waals surface area contributed by atoms with Gasteiger partial charge in [-0.2, -0.15) is 0 Å². The van der Waals surface area contributed by atoms with Gasteiger partial charge >= 0.3 is 5.63 Å². The van der Waals surface area contributed by atoms with E-state index in [1.54, 1.807) is 24.3 Å². The first-order chi connectivity index (χ1) is 13.0. The molecule has 1 amide bonds. The van der Waals surface area contributed by atoms with Crippen molar-refractivity contribution in [1.29, 1.82) is 0 Å². The van der Waals surface area contributed by atoms with Crippen LogP contribution in [0, 0.1) is 0 Å². The van der Waals surface area contributed by atoms with Crippen LogP contribution in [0.4, 0.5) is 0 Å². The van der Waals surface area contributed by atoms with Gasteiger partial charge in [0, 0.05) is 11.5 Å². The Morgan fingerprint density at radius 3 is 2.52 bits per heavy atom. The van der Waals surface area contributed by atoms with Crippen LogP contribution in [0.15, 0.2) is 63.8 Å². The summed E-state index contributed by atoms with van der Waals surface area (Å²) in [5.74, 6) is 0.216. The zero-order chi connectivity index (χ0) is 19.0. The Hall–Kier alpha value is -3.08. The number of fused-ring (bicyclic) bond motifs is 1. The lowest BCUT2D eigenvalue weighted by molar-refractivity contribution is 0.0927. The Kier molecular flexibility index (Phi) is 4.22. The number of hydrogen-bond acceptors (Lipinski definition) is 4. The Labute approximate surface area is 157 Å². The predicted molar refractivity (Wildman–Crippen MR) is 103 cm³/mol. The van der Waals surface area contributed by atoms with Crippen molar-refractivity contribution in [2.75, 3.05) is 0 Å². The summed E-state index contributed by atoms with van der Waals surface area (Å²) < 4.78 is 11.0. The standard InChI is InChI=1S/C22H21NO4/c1-14(2)26-17-9-8-15-12-18(21(25)27-19(15)13-17)20(24)23-22(10-11-22)16-6-4-3-5-7-16/h3-9,12-14H,10-11H2,1-2H3,(H,23,24). The monoisotopic (exact) mass is 363 g/mol. The van der Waals surface area contributed by atoms with Crippen LogP contribution in [0.5, 0.6) is 5.75 Å². The molecule has 1 aromatic heterocycles. The summed E-state index contributed by atoms with van der Waals surface area (Å²) in [6.45, 7) is 3.85. The van der Waals surface area contributed by atoms with Crippen LogP contribution in [0.1, 0.15) is 42.6 Å². The number of nitrogens with one attached hydrogen (secondary N) is 1. The smallest absolute Gasteiger partial charge is 0.349 e. The highest BCUT2D eigenvalue weighted by molar-refractivity contribution is 5.97. The van der Waals surface area contributed by atoms with Crippen molar-refractivity contribution in [2.24, 2.45) is 0 Å². The summed E-state index contributed by atoms with van der Waals surface area (Å²) in [6, 6.07) is 16.7. The number of ether oxygens (including phenoxy) is 1. The van der Waals surface area contributed by atoms with Gasteiger partial charge < -0.3 is 14.5 Å². The van der Waals surface area contributed by atoms with Gasteiger partial charge in [0.2, 0.25) is 0 Å². The summed E-state index contributed by atoms with van der Waals surface area (Å²) in [7, 11) is 0. The van der Waals surface area contributed by atoms with Crippen molar-refractivity contribution in [3.63, 3.8) is 0 Å². The normalized spacial score (nSPS) is 14.9. The first-order valence-electron chi connectivity index (χ1n) is 9.09. The molecule has 3 aromatic rings. The molecule has 1 heterocycles. The van der Waals surface area contributed by atoms with E-state index in [0.717, 1.165) is 18.4 Å². The fourth-order valence-corrected chi connectivity index (χ4v) is 3.25. The maximum Gasteiger partial charge on any atom is 0.349 e. The maximum atomic E-state index is 12.8. The molecule has 1 saturated carbocycles. The number of rotatable bonds is 5. The van der Waals surface area contributed by atoms with Crippen molar-refractivity contribution in [1.82, 2.24) is 5.32 Å². The zero-order valence-electron chi connectivity index (χ0n) is 15.3. The largest absolute Gasteiger partial charge is 0.491 e. The summed E-state index contributed by atoms with van der Waals surface area (Å²) in [5, 5.41) is 3.70. The van der Waals surface area contributed by atoms with Crippen LogP contribution in [-0.2, 0) is 5.54 Å². The minimum absolute atomic E-state index is 0.0160. The molecule has 1 N–H and O–H groups in total. The van der Waals surface area contributed by atoms with Crippen molar-refractivity contribution in [2.45, 2.75) is 38.3 Å². The van der Waals surface area contributed by atoms with E-state index in [-0.39, 0.29) is 17.2 Å². The Morgan fingerprint density at radius 2 is 1.85 bits per heavy atom. The molecule has 5 heteroatoms. The summed E-state index contributed by atoms with van der Waals surface area (Å²) in [4.78, 5) is 25.1. The molecule has 2 aromatic carbocycles. The highest BCUT2D eigenvalue weighted by atomic mass is 16.5. The van der Waals surface area contributed by atoms with Crippen LogP contribution in [0.25, 0.3) is 11.0 Å². The average Bonchev–Trinajstić information content (AvgIpc) is 3.42. The third-order valence-electron chi connectivity index (χ3n) is 4.75. The van der Waals surface area contributed by atoms with Crippen molar-refractivity contribution < 1.29 is 13.9 Å². The molecule has 1 aliphatic rings. The fourth-order valence-electron chi connectivity index (χ4n) is 3.25. The molecule has 0 saturated heterocycles. The summed E-state index contributed by atoms with van der Waals surface area (Å²) in [6.07, 6.45) is 1.74. The lowest BCUT2D eigenvalue weighted by Crippen LogP contribution is -2.37. The highest BCUT2D eigenvalue weighted by Gasteiger charge is 2.45. The maximum absolute atomic E-state index is 12.8. The lowest BCUT2D eigenvalue weighted by Gasteiger charge is -2.17. The van der Waals surface area contributed by atoms with Crippen LogP contribution in [0.3, 0.4) is 0 Å². The first kappa shape index (κ1) is 17.3. The number of carbonyl (C=O) groups is 1. The molecule has 1 aliphatic carbocycles. The topological polar surface area (TPSA) is 68.5 Å². The second-order valence-electron chi connectivity index (χ2n) is 7.22. The average molecular weight is 363 g/mol. The van der Waals surface area contributed by atoms with E-state index >= 15 is 0 Å².